The first-order valence-electron chi connectivity index (χ1n) is 10.0. The average molecular weight is 335 g/mol. The standard InChI is InChI=1S/C19H34N4O/c1-20-19(23-13-15-7-5-6-8-16(15)14-23)21-12-11-18(24)22-17-9-3-2-4-10-17/h15-17H,2-14H2,1H3,(H,20,21)(H,22,24). The zero-order valence-corrected chi connectivity index (χ0v) is 15.2. The Balaban J connectivity index is 1.37. The molecule has 0 aromatic carbocycles. The number of amides is 1. The van der Waals surface area contributed by atoms with Crippen LogP contribution in [-0.2, 0) is 4.79 Å². The molecular weight excluding hydrogens is 300 g/mol. The second-order valence-electron chi connectivity index (χ2n) is 7.84. The molecule has 0 radical (unpaired) electrons. The summed E-state index contributed by atoms with van der Waals surface area (Å²) in [6, 6.07) is 0.410. The van der Waals surface area contributed by atoms with Gasteiger partial charge in [-0.15, -0.1) is 0 Å². The van der Waals surface area contributed by atoms with Gasteiger partial charge in [0.05, 0.1) is 0 Å². The van der Waals surface area contributed by atoms with Crippen molar-refractivity contribution < 1.29 is 4.79 Å². The molecule has 1 amide bonds. The van der Waals surface area contributed by atoms with Gasteiger partial charge < -0.3 is 15.5 Å². The summed E-state index contributed by atoms with van der Waals surface area (Å²) in [6.45, 7) is 2.95. The Hall–Kier alpha value is -1.26. The third-order valence-electron chi connectivity index (χ3n) is 6.09. The minimum absolute atomic E-state index is 0.181. The van der Waals surface area contributed by atoms with Crippen molar-refractivity contribution in [1.29, 1.82) is 0 Å². The van der Waals surface area contributed by atoms with Gasteiger partial charge in [-0.05, 0) is 37.5 Å². The van der Waals surface area contributed by atoms with Gasteiger partial charge in [-0.1, -0.05) is 32.1 Å². The maximum Gasteiger partial charge on any atom is 0.221 e. The molecule has 5 nitrogen and oxygen atoms in total. The van der Waals surface area contributed by atoms with E-state index in [1.807, 2.05) is 7.05 Å². The van der Waals surface area contributed by atoms with Crippen molar-refractivity contribution in [3.05, 3.63) is 0 Å². The zero-order valence-electron chi connectivity index (χ0n) is 15.2. The molecule has 1 aliphatic heterocycles. The summed E-state index contributed by atoms with van der Waals surface area (Å²) in [4.78, 5) is 18.9. The van der Waals surface area contributed by atoms with Gasteiger partial charge in [0.25, 0.3) is 0 Å². The van der Waals surface area contributed by atoms with E-state index in [4.69, 9.17) is 0 Å². The zero-order chi connectivity index (χ0) is 16.8. The van der Waals surface area contributed by atoms with E-state index in [2.05, 4.69) is 20.5 Å². The summed E-state index contributed by atoms with van der Waals surface area (Å²) in [5.41, 5.74) is 0. The van der Waals surface area contributed by atoms with E-state index in [-0.39, 0.29) is 5.91 Å². The number of hydrogen-bond acceptors (Lipinski definition) is 2. The lowest BCUT2D eigenvalue weighted by Crippen LogP contribution is -2.42. The van der Waals surface area contributed by atoms with Crippen LogP contribution in [0.3, 0.4) is 0 Å². The van der Waals surface area contributed by atoms with Gasteiger partial charge in [0.2, 0.25) is 5.91 Å². The smallest absolute Gasteiger partial charge is 0.221 e. The molecule has 5 heteroatoms. The van der Waals surface area contributed by atoms with Crippen molar-refractivity contribution in [2.24, 2.45) is 16.8 Å². The fourth-order valence-electron chi connectivity index (χ4n) is 4.75. The number of guanidine groups is 1. The van der Waals surface area contributed by atoms with E-state index < -0.39 is 0 Å². The molecule has 2 atom stereocenters. The third-order valence-corrected chi connectivity index (χ3v) is 6.09. The van der Waals surface area contributed by atoms with Crippen LogP contribution in [0.4, 0.5) is 0 Å². The lowest BCUT2D eigenvalue weighted by Gasteiger charge is -2.24. The number of nitrogens with zero attached hydrogens (tertiary/aromatic N) is 2. The Morgan fingerprint density at radius 1 is 1.00 bits per heavy atom. The first kappa shape index (κ1) is 17.6. The summed E-state index contributed by atoms with van der Waals surface area (Å²) < 4.78 is 0. The van der Waals surface area contributed by atoms with Crippen LogP contribution in [0.1, 0.15) is 64.2 Å². The number of likely N-dealkylation sites (tertiary alicyclic amines) is 1. The quantitative estimate of drug-likeness (QED) is 0.613. The number of hydrogen-bond donors (Lipinski definition) is 2. The van der Waals surface area contributed by atoms with Crippen molar-refractivity contribution in [1.82, 2.24) is 15.5 Å². The number of carbonyl (C=O) groups excluding carboxylic acids is 1. The van der Waals surface area contributed by atoms with Crippen molar-refractivity contribution in [2.45, 2.75) is 70.3 Å². The predicted molar refractivity (Wildman–Crippen MR) is 98.0 cm³/mol. The van der Waals surface area contributed by atoms with E-state index in [9.17, 15) is 4.79 Å². The summed E-state index contributed by atoms with van der Waals surface area (Å²) in [5, 5.41) is 6.59. The molecule has 2 unspecified atom stereocenters. The van der Waals surface area contributed by atoms with E-state index >= 15 is 0 Å². The molecule has 0 aromatic heterocycles. The Kier molecular flexibility index (Phi) is 6.38. The molecular formula is C19H34N4O. The molecule has 136 valence electrons. The molecule has 0 spiro atoms. The second kappa shape index (κ2) is 8.72. The van der Waals surface area contributed by atoms with Crippen molar-refractivity contribution in [3.63, 3.8) is 0 Å². The van der Waals surface area contributed by atoms with Crippen LogP contribution in [-0.4, -0.2) is 49.5 Å². The first-order chi connectivity index (χ1) is 11.8. The third kappa shape index (κ3) is 4.64. The number of rotatable bonds is 4. The van der Waals surface area contributed by atoms with Crippen LogP contribution < -0.4 is 10.6 Å². The van der Waals surface area contributed by atoms with Crippen LogP contribution in [0.5, 0.6) is 0 Å². The minimum atomic E-state index is 0.181. The van der Waals surface area contributed by atoms with Crippen LogP contribution in [0.25, 0.3) is 0 Å². The summed E-state index contributed by atoms with van der Waals surface area (Å²) in [6.07, 6.45) is 12.2. The highest BCUT2D eigenvalue weighted by atomic mass is 16.1. The Morgan fingerprint density at radius 3 is 2.25 bits per heavy atom. The van der Waals surface area contributed by atoms with E-state index in [0.29, 0.717) is 19.0 Å². The molecule has 2 aliphatic carbocycles. The highest BCUT2D eigenvalue weighted by molar-refractivity contribution is 5.81. The lowest BCUT2D eigenvalue weighted by atomic mass is 9.82. The van der Waals surface area contributed by atoms with Crippen LogP contribution in [0.15, 0.2) is 4.99 Å². The molecule has 1 saturated heterocycles. The van der Waals surface area contributed by atoms with Crippen LogP contribution in [0.2, 0.25) is 0 Å². The number of aliphatic imine (C=N–C) groups is 1. The molecule has 1 heterocycles. The lowest BCUT2D eigenvalue weighted by molar-refractivity contribution is -0.121. The molecule has 0 aromatic rings. The molecule has 3 aliphatic rings. The molecule has 0 bridgehead atoms. The Bertz CT molecular complexity index is 431. The maximum absolute atomic E-state index is 12.1. The molecule has 2 N–H and O–H groups in total. The maximum atomic E-state index is 12.1. The monoisotopic (exact) mass is 334 g/mol. The minimum Gasteiger partial charge on any atom is -0.356 e. The number of fused-ring (bicyclic) bond motifs is 1. The normalized spacial score (nSPS) is 28.5. The molecule has 3 fully saturated rings. The van der Waals surface area contributed by atoms with Crippen LogP contribution in [0, 0.1) is 11.8 Å². The van der Waals surface area contributed by atoms with Gasteiger partial charge in [0, 0.05) is 39.1 Å². The van der Waals surface area contributed by atoms with Crippen LogP contribution >= 0.6 is 0 Å². The summed E-state index contributed by atoms with van der Waals surface area (Å²) >= 11 is 0. The van der Waals surface area contributed by atoms with E-state index in [1.54, 1.807) is 0 Å². The van der Waals surface area contributed by atoms with Gasteiger partial charge in [0.1, 0.15) is 0 Å². The predicted octanol–water partition coefficient (Wildman–Crippen LogP) is 2.52. The molecule has 2 saturated carbocycles. The highest BCUT2D eigenvalue weighted by Crippen LogP contribution is 2.35. The molecule has 24 heavy (non-hydrogen) atoms. The van der Waals surface area contributed by atoms with Gasteiger partial charge in [-0.25, -0.2) is 0 Å². The Labute approximate surface area is 146 Å². The van der Waals surface area contributed by atoms with Gasteiger partial charge in [-0.2, -0.15) is 0 Å². The number of nitrogens with one attached hydrogen (secondary N) is 2. The topological polar surface area (TPSA) is 56.7 Å². The second-order valence-corrected chi connectivity index (χ2v) is 7.84. The van der Waals surface area contributed by atoms with Crippen molar-refractivity contribution in [3.8, 4) is 0 Å². The van der Waals surface area contributed by atoms with Gasteiger partial charge in [-0.3, -0.25) is 9.79 Å². The fourth-order valence-corrected chi connectivity index (χ4v) is 4.75. The summed E-state index contributed by atoms with van der Waals surface area (Å²) in [7, 11) is 1.85. The SMILES string of the molecule is CN=C(NCCC(=O)NC1CCCCC1)N1CC2CCCCC2C1. The van der Waals surface area contributed by atoms with E-state index in [0.717, 1.165) is 43.7 Å². The first-order valence-corrected chi connectivity index (χ1v) is 10.0. The average Bonchev–Trinajstić information content (AvgIpc) is 3.03. The largest absolute Gasteiger partial charge is 0.356 e. The van der Waals surface area contributed by atoms with Crippen molar-refractivity contribution >= 4 is 11.9 Å². The highest BCUT2D eigenvalue weighted by Gasteiger charge is 2.35. The molecule has 3 rings (SSSR count). The van der Waals surface area contributed by atoms with Gasteiger partial charge in [0.15, 0.2) is 5.96 Å². The fraction of sp³-hybridized carbons (Fsp3) is 0.895. The summed E-state index contributed by atoms with van der Waals surface area (Å²) in [5.74, 6) is 2.87. The van der Waals surface area contributed by atoms with E-state index in [1.165, 1.54) is 44.9 Å². The van der Waals surface area contributed by atoms with Crippen molar-refractivity contribution in [2.75, 3.05) is 26.7 Å². The Morgan fingerprint density at radius 2 is 1.62 bits per heavy atom. The number of carbonyl (C=O) groups is 1. The van der Waals surface area contributed by atoms with Gasteiger partial charge >= 0.3 is 0 Å².